The highest BCUT2D eigenvalue weighted by atomic mass is 35.5. The molecule has 2 heterocycles. The van der Waals surface area contributed by atoms with E-state index in [0.29, 0.717) is 24.3 Å². The van der Waals surface area contributed by atoms with Crippen LogP contribution in [0.4, 0.5) is 4.39 Å². The van der Waals surface area contributed by atoms with Crippen LogP contribution in [0.25, 0.3) is 11.5 Å². The number of nitrogens with zero attached hydrogens (tertiary/aromatic N) is 2. The molecule has 4 nitrogen and oxygen atoms in total. The van der Waals surface area contributed by atoms with Gasteiger partial charge in [-0.2, -0.15) is 0 Å². The van der Waals surface area contributed by atoms with Gasteiger partial charge in [0.15, 0.2) is 0 Å². The Kier molecular flexibility index (Phi) is 6.26. The number of rotatable bonds is 5. The van der Waals surface area contributed by atoms with Gasteiger partial charge in [-0.3, -0.25) is 4.90 Å². The summed E-state index contributed by atoms with van der Waals surface area (Å²) in [6, 6.07) is 16.7. The lowest BCUT2D eigenvalue weighted by Gasteiger charge is -2.16. The zero-order chi connectivity index (χ0) is 17.9. The largest absolute Gasteiger partial charge is 0.444 e. The number of halogens is 2. The molecule has 0 amide bonds. The summed E-state index contributed by atoms with van der Waals surface area (Å²) >= 11 is 0. The van der Waals surface area contributed by atoms with E-state index in [1.165, 1.54) is 17.7 Å². The first-order valence-electron chi connectivity index (χ1n) is 8.90. The molecule has 2 aromatic carbocycles. The van der Waals surface area contributed by atoms with Crippen molar-refractivity contribution in [3.8, 4) is 11.5 Å². The van der Waals surface area contributed by atoms with Crippen LogP contribution in [0.3, 0.4) is 0 Å². The third kappa shape index (κ3) is 4.38. The average Bonchev–Trinajstić information content (AvgIpc) is 3.30. The van der Waals surface area contributed by atoms with Gasteiger partial charge in [0.25, 0.3) is 0 Å². The maximum absolute atomic E-state index is 13.1. The summed E-state index contributed by atoms with van der Waals surface area (Å²) in [5.74, 6) is 1.15. The second-order valence-corrected chi connectivity index (χ2v) is 6.86. The van der Waals surface area contributed by atoms with E-state index in [9.17, 15) is 4.39 Å². The van der Waals surface area contributed by atoms with E-state index in [1.54, 1.807) is 18.4 Å². The van der Waals surface area contributed by atoms with Crippen molar-refractivity contribution >= 4 is 12.4 Å². The average molecular weight is 388 g/mol. The van der Waals surface area contributed by atoms with Gasteiger partial charge in [0, 0.05) is 31.1 Å². The Morgan fingerprint density at radius 1 is 1.07 bits per heavy atom. The summed E-state index contributed by atoms with van der Waals surface area (Å²) < 4.78 is 18.6. The summed E-state index contributed by atoms with van der Waals surface area (Å²) in [6.07, 6.45) is 1.69. The zero-order valence-corrected chi connectivity index (χ0v) is 15.7. The van der Waals surface area contributed by atoms with Crippen LogP contribution in [0.15, 0.2) is 65.3 Å². The summed E-state index contributed by atoms with van der Waals surface area (Å²) in [7, 11) is 0. The second-order valence-electron chi connectivity index (χ2n) is 6.86. The van der Waals surface area contributed by atoms with Crippen LogP contribution in [0.5, 0.6) is 0 Å². The molecule has 1 aliphatic rings. The molecule has 0 spiro atoms. The van der Waals surface area contributed by atoms with Crippen molar-refractivity contribution in [2.45, 2.75) is 12.5 Å². The van der Waals surface area contributed by atoms with E-state index in [-0.39, 0.29) is 18.2 Å². The molecule has 0 bridgehead atoms. The zero-order valence-electron chi connectivity index (χ0n) is 14.9. The number of hydrogen-bond donors (Lipinski definition) is 1. The minimum Gasteiger partial charge on any atom is -0.444 e. The number of aromatic nitrogens is 1. The van der Waals surface area contributed by atoms with E-state index >= 15 is 0 Å². The van der Waals surface area contributed by atoms with E-state index in [0.717, 1.165) is 30.9 Å². The Hall–Kier alpha value is -2.21. The van der Waals surface area contributed by atoms with E-state index < -0.39 is 0 Å². The minimum absolute atomic E-state index is 0. The third-order valence-corrected chi connectivity index (χ3v) is 5.08. The van der Waals surface area contributed by atoms with Gasteiger partial charge in [-0.25, -0.2) is 9.37 Å². The summed E-state index contributed by atoms with van der Waals surface area (Å²) in [4.78, 5) is 6.94. The third-order valence-electron chi connectivity index (χ3n) is 5.08. The molecule has 0 unspecified atom stereocenters. The molecule has 142 valence electrons. The SMILES string of the molecule is Cl.NC[C@@H]1CN(Cc2coc(-c3ccc(F)cc3)n2)C[C@H]1c1ccccc1. The van der Waals surface area contributed by atoms with Crippen molar-refractivity contribution in [3.63, 3.8) is 0 Å². The maximum atomic E-state index is 13.1. The molecule has 3 aromatic rings. The lowest BCUT2D eigenvalue weighted by molar-refractivity contribution is 0.312. The molecular formula is C21H23ClFN3O. The first kappa shape index (κ1) is 19.5. The molecule has 1 aromatic heterocycles. The monoisotopic (exact) mass is 387 g/mol. The fourth-order valence-corrected chi connectivity index (χ4v) is 3.74. The molecule has 2 atom stereocenters. The van der Waals surface area contributed by atoms with E-state index in [4.69, 9.17) is 10.2 Å². The predicted molar refractivity (Wildman–Crippen MR) is 106 cm³/mol. The van der Waals surface area contributed by atoms with E-state index in [2.05, 4.69) is 34.1 Å². The number of benzene rings is 2. The highest BCUT2D eigenvalue weighted by molar-refractivity contribution is 5.85. The van der Waals surface area contributed by atoms with Crippen molar-refractivity contribution in [1.29, 1.82) is 0 Å². The highest BCUT2D eigenvalue weighted by Gasteiger charge is 2.33. The Balaban J connectivity index is 0.00000210. The number of likely N-dealkylation sites (tertiary alicyclic amines) is 1. The molecule has 27 heavy (non-hydrogen) atoms. The Bertz CT molecular complexity index is 853. The Labute approximate surface area is 164 Å². The van der Waals surface area contributed by atoms with Gasteiger partial charge in [0.05, 0.1) is 5.69 Å². The van der Waals surface area contributed by atoms with Crippen LogP contribution in [-0.4, -0.2) is 29.5 Å². The molecule has 4 rings (SSSR count). The van der Waals surface area contributed by atoms with Gasteiger partial charge in [-0.15, -0.1) is 12.4 Å². The maximum Gasteiger partial charge on any atom is 0.226 e. The van der Waals surface area contributed by atoms with Crippen molar-refractivity contribution in [3.05, 3.63) is 77.9 Å². The van der Waals surface area contributed by atoms with Crippen molar-refractivity contribution in [2.75, 3.05) is 19.6 Å². The van der Waals surface area contributed by atoms with Crippen molar-refractivity contribution < 1.29 is 8.81 Å². The normalized spacial score (nSPS) is 19.8. The fourth-order valence-electron chi connectivity index (χ4n) is 3.74. The number of nitrogens with two attached hydrogens (primary N) is 1. The first-order valence-corrected chi connectivity index (χ1v) is 8.90. The summed E-state index contributed by atoms with van der Waals surface area (Å²) in [5, 5.41) is 0. The van der Waals surface area contributed by atoms with Gasteiger partial charge in [-0.05, 0) is 42.3 Å². The standard InChI is InChI=1S/C21H22FN3O.ClH/c22-18-8-6-16(7-9-18)21-24-19(14-26-21)12-25-11-17(10-23)20(13-25)15-4-2-1-3-5-15;/h1-9,14,17,20H,10-13,23H2;1H/t17-,20+;/m1./s1. The molecule has 0 radical (unpaired) electrons. The van der Waals surface area contributed by atoms with Crippen LogP contribution in [-0.2, 0) is 6.54 Å². The van der Waals surface area contributed by atoms with Gasteiger partial charge >= 0.3 is 0 Å². The van der Waals surface area contributed by atoms with Crippen LogP contribution >= 0.6 is 12.4 Å². The lowest BCUT2D eigenvalue weighted by Crippen LogP contribution is -2.23. The van der Waals surface area contributed by atoms with Gasteiger partial charge in [-0.1, -0.05) is 30.3 Å². The smallest absolute Gasteiger partial charge is 0.226 e. The highest BCUT2D eigenvalue weighted by Crippen LogP contribution is 2.33. The number of hydrogen-bond acceptors (Lipinski definition) is 4. The summed E-state index contributed by atoms with van der Waals surface area (Å²) in [6.45, 7) is 3.32. The van der Waals surface area contributed by atoms with Crippen molar-refractivity contribution in [1.82, 2.24) is 9.88 Å². The van der Waals surface area contributed by atoms with Gasteiger partial charge in [0.2, 0.25) is 5.89 Å². The van der Waals surface area contributed by atoms with Gasteiger partial charge < -0.3 is 10.2 Å². The Morgan fingerprint density at radius 3 is 2.52 bits per heavy atom. The molecule has 1 fully saturated rings. The second kappa shape index (κ2) is 8.65. The van der Waals surface area contributed by atoms with Crippen LogP contribution in [0.1, 0.15) is 17.2 Å². The van der Waals surface area contributed by atoms with Crippen LogP contribution in [0.2, 0.25) is 0 Å². The fraction of sp³-hybridized carbons (Fsp3) is 0.286. The first-order chi connectivity index (χ1) is 12.7. The molecule has 1 aliphatic heterocycles. The molecule has 1 saturated heterocycles. The Morgan fingerprint density at radius 2 is 1.81 bits per heavy atom. The number of oxazole rings is 1. The topological polar surface area (TPSA) is 55.3 Å². The molecule has 6 heteroatoms. The van der Waals surface area contributed by atoms with E-state index in [1.807, 2.05) is 6.07 Å². The van der Waals surface area contributed by atoms with Crippen LogP contribution in [0, 0.1) is 11.7 Å². The molecule has 2 N–H and O–H groups in total. The minimum atomic E-state index is -0.266. The molecule has 0 saturated carbocycles. The quantitative estimate of drug-likeness (QED) is 0.716. The summed E-state index contributed by atoms with van der Waals surface area (Å²) in [5.41, 5.74) is 9.02. The molecular weight excluding hydrogens is 365 g/mol. The van der Waals surface area contributed by atoms with Gasteiger partial charge in [0.1, 0.15) is 12.1 Å². The lowest BCUT2D eigenvalue weighted by atomic mass is 9.89. The predicted octanol–water partition coefficient (Wildman–Crippen LogP) is 4.08. The van der Waals surface area contributed by atoms with Crippen molar-refractivity contribution in [2.24, 2.45) is 11.7 Å². The molecule has 0 aliphatic carbocycles. The van der Waals surface area contributed by atoms with Crippen LogP contribution < -0.4 is 5.73 Å².